The number of amides is 1. The number of nitrogens with zero attached hydrogens (tertiary/aromatic N) is 3. The lowest BCUT2D eigenvalue weighted by molar-refractivity contribution is 0.0724. The van der Waals surface area contributed by atoms with Crippen LogP contribution in [0.3, 0.4) is 0 Å². The van der Waals surface area contributed by atoms with E-state index in [1.165, 1.54) is 25.7 Å². The smallest absolute Gasteiger partial charge is 0.255 e. The van der Waals surface area contributed by atoms with E-state index >= 15 is 0 Å². The molecule has 2 bridgehead atoms. The third-order valence-electron chi connectivity index (χ3n) is 5.39. The summed E-state index contributed by atoms with van der Waals surface area (Å²) in [5.41, 5.74) is 0.625. The van der Waals surface area contributed by atoms with E-state index in [0.29, 0.717) is 16.6 Å². The van der Waals surface area contributed by atoms with Gasteiger partial charge in [0.15, 0.2) is 0 Å². The second-order valence-corrected chi connectivity index (χ2v) is 7.27. The molecule has 2 saturated heterocycles. The van der Waals surface area contributed by atoms with Gasteiger partial charge >= 0.3 is 0 Å². The van der Waals surface area contributed by atoms with Crippen LogP contribution in [0.1, 0.15) is 48.9 Å². The first-order valence-corrected chi connectivity index (χ1v) is 8.81. The lowest BCUT2D eigenvalue weighted by atomic mass is 10.1. The molecule has 2 unspecified atom stereocenters. The molecule has 3 aliphatic rings. The van der Waals surface area contributed by atoms with E-state index in [2.05, 4.69) is 9.88 Å². The minimum Gasteiger partial charge on any atom is -0.352 e. The van der Waals surface area contributed by atoms with Crippen LogP contribution in [0.4, 0.5) is 5.82 Å². The number of carbonyl (C=O) groups is 1. The Kier molecular flexibility index (Phi) is 3.73. The van der Waals surface area contributed by atoms with Gasteiger partial charge in [0, 0.05) is 31.9 Å². The van der Waals surface area contributed by atoms with E-state index in [0.717, 1.165) is 44.2 Å². The Morgan fingerprint density at radius 1 is 1.23 bits per heavy atom. The van der Waals surface area contributed by atoms with E-state index in [9.17, 15) is 4.79 Å². The van der Waals surface area contributed by atoms with Crippen molar-refractivity contribution in [2.75, 3.05) is 24.5 Å². The zero-order valence-corrected chi connectivity index (χ0v) is 13.6. The summed E-state index contributed by atoms with van der Waals surface area (Å²) in [4.78, 5) is 21.3. The Balaban J connectivity index is 1.53. The third-order valence-corrected chi connectivity index (χ3v) is 5.67. The first-order chi connectivity index (χ1) is 10.7. The molecule has 118 valence electrons. The minimum absolute atomic E-state index is 0.0728. The zero-order chi connectivity index (χ0) is 15.1. The van der Waals surface area contributed by atoms with Gasteiger partial charge in [-0.15, -0.1) is 0 Å². The molecule has 22 heavy (non-hydrogen) atoms. The van der Waals surface area contributed by atoms with Gasteiger partial charge < -0.3 is 9.80 Å². The van der Waals surface area contributed by atoms with Crippen molar-refractivity contribution in [3.8, 4) is 0 Å². The summed E-state index contributed by atoms with van der Waals surface area (Å²) >= 11 is 6.45. The van der Waals surface area contributed by atoms with E-state index in [4.69, 9.17) is 11.6 Å². The van der Waals surface area contributed by atoms with Crippen LogP contribution in [-0.2, 0) is 0 Å². The van der Waals surface area contributed by atoms with Gasteiger partial charge in [0.25, 0.3) is 5.91 Å². The van der Waals surface area contributed by atoms with Gasteiger partial charge in [-0.3, -0.25) is 4.79 Å². The lowest BCUT2D eigenvalue weighted by Crippen LogP contribution is -2.36. The minimum atomic E-state index is 0.0728. The molecular weight excluding hydrogens is 298 g/mol. The number of pyridine rings is 1. The molecule has 0 aromatic carbocycles. The maximum absolute atomic E-state index is 12.5. The maximum atomic E-state index is 12.5. The number of piperidine rings is 2. The molecule has 1 amide bonds. The molecule has 5 heteroatoms. The molecule has 4 rings (SSSR count). The fraction of sp³-hybridized carbons (Fsp3) is 0.647. The van der Waals surface area contributed by atoms with Crippen LogP contribution in [0.15, 0.2) is 12.3 Å². The Morgan fingerprint density at radius 2 is 2.05 bits per heavy atom. The van der Waals surface area contributed by atoms with Crippen molar-refractivity contribution in [2.45, 2.75) is 44.6 Å². The Labute approximate surface area is 136 Å². The summed E-state index contributed by atoms with van der Waals surface area (Å²) in [6.45, 7) is 2.78. The van der Waals surface area contributed by atoms with E-state index in [-0.39, 0.29) is 5.91 Å². The van der Waals surface area contributed by atoms with Gasteiger partial charge in [0.05, 0.1) is 10.6 Å². The number of aromatic nitrogens is 1. The van der Waals surface area contributed by atoms with Crippen molar-refractivity contribution < 1.29 is 4.79 Å². The normalized spacial score (nSPS) is 27.5. The Hall–Kier alpha value is -1.29. The van der Waals surface area contributed by atoms with E-state index in [1.54, 1.807) is 6.20 Å². The van der Waals surface area contributed by atoms with Gasteiger partial charge in [-0.2, -0.15) is 0 Å². The molecule has 2 aliphatic heterocycles. The largest absolute Gasteiger partial charge is 0.352 e. The predicted molar refractivity (Wildman–Crippen MR) is 87.5 cm³/mol. The first kappa shape index (κ1) is 14.3. The molecule has 3 heterocycles. The Morgan fingerprint density at radius 3 is 2.68 bits per heavy atom. The molecule has 0 N–H and O–H groups in total. The number of carbonyl (C=O) groups excluding carboxylic acids is 1. The highest BCUT2D eigenvalue weighted by molar-refractivity contribution is 6.33. The van der Waals surface area contributed by atoms with Crippen LogP contribution < -0.4 is 4.90 Å². The SMILES string of the molecule is O=C(c1cnc(N2CC3CCC2C3)c(Cl)c1)N1CCCCC1. The van der Waals surface area contributed by atoms with Crippen molar-refractivity contribution in [3.63, 3.8) is 0 Å². The highest BCUT2D eigenvalue weighted by Gasteiger charge is 2.39. The molecule has 1 saturated carbocycles. The zero-order valence-electron chi connectivity index (χ0n) is 12.8. The van der Waals surface area contributed by atoms with Crippen molar-refractivity contribution in [2.24, 2.45) is 5.92 Å². The van der Waals surface area contributed by atoms with Crippen LogP contribution in [0.2, 0.25) is 5.02 Å². The van der Waals surface area contributed by atoms with Crippen LogP contribution in [0.5, 0.6) is 0 Å². The van der Waals surface area contributed by atoms with Gasteiger partial charge in [0.2, 0.25) is 0 Å². The molecule has 2 atom stereocenters. The summed E-state index contributed by atoms with van der Waals surface area (Å²) in [6.07, 6.45) is 8.99. The number of anilines is 1. The third kappa shape index (κ3) is 2.47. The molecule has 0 radical (unpaired) electrons. The molecule has 1 aliphatic carbocycles. The fourth-order valence-corrected chi connectivity index (χ4v) is 4.50. The summed E-state index contributed by atoms with van der Waals surface area (Å²) in [5, 5.41) is 0.621. The second-order valence-electron chi connectivity index (χ2n) is 6.87. The number of likely N-dealkylation sites (tertiary alicyclic amines) is 1. The first-order valence-electron chi connectivity index (χ1n) is 8.44. The lowest BCUT2D eigenvalue weighted by Gasteiger charge is -2.29. The fourth-order valence-electron chi connectivity index (χ4n) is 4.22. The number of hydrogen-bond donors (Lipinski definition) is 0. The summed E-state index contributed by atoms with van der Waals surface area (Å²) in [6, 6.07) is 2.41. The highest BCUT2D eigenvalue weighted by atomic mass is 35.5. The van der Waals surface area contributed by atoms with Crippen molar-refractivity contribution in [1.82, 2.24) is 9.88 Å². The molecular formula is C17H22ClN3O. The second kappa shape index (κ2) is 5.73. The molecule has 4 nitrogen and oxygen atoms in total. The molecule has 1 aromatic heterocycles. The van der Waals surface area contributed by atoms with Gasteiger partial charge in [0.1, 0.15) is 5.82 Å². The summed E-state index contributed by atoms with van der Waals surface area (Å²) < 4.78 is 0. The average Bonchev–Trinajstić information content (AvgIpc) is 3.18. The number of halogens is 1. The quantitative estimate of drug-likeness (QED) is 0.838. The van der Waals surface area contributed by atoms with Crippen molar-refractivity contribution in [1.29, 1.82) is 0 Å². The highest BCUT2D eigenvalue weighted by Crippen LogP contribution is 2.41. The van der Waals surface area contributed by atoms with Crippen LogP contribution in [0.25, 0.3) is 0 Å². The molecule has 1 aromatic rings. The van der Waals surface area contributed by atoms with Gasteiger partial charge in [-0.25, -0.2) is 4.98 Å². The number of hydrogen-bond acceptors (Lipinski definition) is 3. The predicted octanol–water partition coefficient (Wildman–Crippen LogP) is 3.35. The topological polar surface area (TPSA) is 36.4 Å². The summed E-state index contributed by atoms with van der Waals surface area (Å²) in [7, 11) is 0. The van der Waals surface area contributed by atoms with E-state index in [1.807, 2.05) is 11.0 Å². The standard InChI is InChI=1S/C17H22ClN3O/c18-15-9-13(17(22)20-6-2-1-3-7-20)10-19-16(15)21-11-12-4-5-14(21)8-12/h9-10,12,14H,1-8,11H2. The van der Waals surface area contributed by atoms with Crippen LogP contribution >= 0.6 is 11.6 Å². The molecule has 3 fully saturated rings. The maximum Gasteiger partial charge on any atom is 0.255 e. The van der Waals surface area contributed by atoms with E-state index < -0.39 is 0 Å². The van der Waals surface area contributed by atoms with Crippen molar-refractivity contribution >= 4 is 23.3 Å². The molecule has 0 spiro atoms. The van der Waals surface area contributed by atoms with Crippen molar-refractivity contribution in [3.05, 3.63) is 22.8 Å². The van der Waals surface area contributed by atoms with Gasteiger partial charge in [-0.05, 0) is 50.5 Å². The van der Waals surface area contributed by atoms with Gasteiger partial charge in [-0.1, -0.05) is 11.6 Å². The number of rotatable bonds is 2. The average molecular weight is 320 g/mol. The summed E-state index contributed by atoms with van der Waals surface area (Å²) in [5.74, 6) is 1.74. The van der Waals surface area contributed by atoms with Crippen LogP contribution in [-0.4, -0.2) is 41.5 Å². The Bertz CT molecular complexity index is 585. The monoisotopic (exact) mass is 319 g/mol. The van der Waals surface area contributed by atoms with Crippen LogP contribution in [0, 0.1) is 5.92 Å². The number of fused-ring (bicyclic) bond motifs is 2.